The summed E-state index contributed by atoms with van der Waals surface area (Å²) in [6, 6.07) is 0. The van der Waals surface area contributed by atoms with Crippen LogP contribution in [0.25, 0.3) is 0 Å². The van der Waals surface area contributed by atoms with Crippen LogP contribution in [0.4, 0.5) is 4.79 Å². The Kier molecular flexibility index (Phi) is 7.36. The molecule has 1 aliphatic rings. The molecule has 5 nitrogen and oxygen atoms in total. The minimum atomic E-state index is -0.778. The number of aliphatic carboxylic acids is 1. The molecule has 0 atom stereocenters. The maximum absolute atomic E-state index is 12.5. The maximum Gasteiger partial charge on any atom is 0.410 e. The van der Waals surface area contributed by atoms with E-state index in [-0.39, 0.29) is 23.5 Å². The van der Waals surface area contributed by atoms with Gasteiger partial charge in [-0.05, 0) is 45.4 Å². The number of hydrogen-bond acceptors (Lipinski definition) is 3. The zero-order valence-corrected chi connectivity index (χ0v) is 15.2. The van der Waals surface area contributed by atoms with E-state index in [1.54, 1.807) is 4.90 Å². The van der Waals surface area contributed by atoms with E-state index in [1.165, 1.54) is 0 Å². The SMILES string of the molecule is CCCCOC(=O)N(CC1(CC(=O)O)CCCCC1)C(C)(C)C. The van der Waals surface area contributed by atoms with Gasteiger partial charge in [0.1, 0.15) is 0 Å². The zero-order chi connectivity index (χ0) is 17.5. The predicted molar refractivity (Wildman–Crippen MR) is 90.5 cm³/mol. The molecule has 0 unspecified atom stereocenters. The van der Waals surface area contributed by atoms with Crippen LogP contribution < -0.4 is 0 Å². The fourth-order valence-corrected chi connectivity index (χ4v) is 3.31. The van der Waals surface area contributed by atoms with Crippen molar-refractivity contribution in [2.45, 2.75) is 84.6 Å². The van der Waals surface area contributed by atoms with E-state index in [4.69, 9.17) is 4.74 Å². The first-order valence-electron chi connectivity index (χ1n) is 8.86. The highest BCUT2D eigenvalue weighted by atomic mass is 16.6. The molecule has 1 saturated carbocycles. The number of amides is 1. The summed E-state index contributed by atoms with van der Waals surface area (Å²) in [5.41, 5.74) is -0.701. The molecule has 5 heteroatoms. The van der Waals surface area contributed by atoms with Crippen molar-refractivity contribution in [3.05, 3.63) is 0 Å². The Bertz CT molecular complexity index is 394. The Morgan fingerprint density at radius 3 is 2.26 bits per heavy atom. The van der Waals surface area contributed by atoms with Gasteiger partial charge in [-0.15, -0.1) is 0 Å². The summed E-state index contributed by atoms with van der Waals surface area (Å²) in [6.07, 6.45) is 6.60. The van der Waals surface area contributed by atoms with E-state index in [1.807, 2.05) is 20.8 Å². The van der Waals surface area contributed by atoms with Gasteiger partial charge in [0.05, 0.1) is 13.0 Å². The number of ether oxygens (including phenoxy) is 1. The van der Waals surface area contributed by atoms with E-state index < -0.39 is 5.97 Å². The smallest absolute Gasteiger partial charge is 0.410 e. The summed E-state index contributed by atoms with van der Waals surface area (Å²) < 4.78 is 5.40. The van der Waals surface area contributed by atoms with Crippen LogP contribution in [-0.4, -0.2) is 40.8 Å². The standard InChI is InChI=1S/C18H33NO4/c1-5-6-12-23-16(22)19(17(2,3)4)14-18(13-15(20)21)10-8-7-9-11-18/h5-14H2,1-4H3,(H,20,21). The molecule has 0 aromatic carbocycles. The molecule has 1 N–H and O–H groups in total. The lowest BCUT2D eigenvalue weighted by atomic mass is 9.71. The van der Waals surface area contributed by atoms with Gasteiger partial charge in [-0.3, -0.25) is 4.79 Å². The first-order valence-corrected chi connectivity index (χ1v) is 8.86. The first kappa shape index (κ1) is 19.8. The van der Waals surface area contributed by atoms with Crippen LogP contribution in [0, 0.1) is 5.41 Å². The Morgan fingerprint density at radius 2 is 1.78 bits per heavy atom. The van der Waals surface area contributed by atoms with Crippen LogP contribution in [0.3, 0.4) is 0 Å². The van der Waals surface area contributed by atoms with Crippen molar-refractivity contribution in [2.24, 2.45) is 5.41 Å². The van der Waals surface area contributed by atoms with Crippen molar-refractivity contribution >= 4 is 12.1 Å². The van der Waals surface area contributed by atoms with Crippen LogP contribution in [0.2, 0.25) is 0 Å². The Labute approximate surface area is 140 Å². The monoisotopic (exact) mass is 327 g/mol. The molecule has 0 radical (unpaired) electrons. The van der Waals surface area contributed by atoms with Crippen LogP contribution >= 0.6 is 0 Å². The summed E-state index contributed by atoms with van der Waals surface area (Å²) in [4.78, 5) is 25.6. The van der Waals surface area contributed by atoms with Crippen molar-refractivity contribution in [1.29, 1.82) is 0 Å². The molecule has 0 spiro atoms. The second-order valence-electron chi connectivity index (χ2n) is 7.86. The first-order chi connectivity index (χ1) is 10.7. The van der Waals surface area contributed by atoms with Gasteiger partial charge in [-0.2, -0.15) is 0 Å². The number of carbonyl (C=O) groups is 2. The molecule has 0 aliphatic heterocycles. The van der Waals surface area contributed by atoms with Crippen molar-refractivity contribution in [2.75, 3.05) is 13.2 Å². The van der Waals surface area contributed by atoms with Gasteiger partial charge >= 0.3 is 12.1 Å². The Hall–Kier alpha value is -1.26. The third-order valence-electron chi connectivity index (χ3n) is 4.69. The van der Waals surface area contributed by atoms with Crippen molar-refractivity contribution in [3.8, 4) is 0 Å². The van der Waals surface area contributed by atoms with Gasteiger partial charge in [0, 0.05) is 12.1 Å². The topological polar surface area (TPSA) is 66.8 Å². The minimum absolute atomic E-state index is 0.127. The van der Waals surface area contributed by atoms with Gasteiger partial charge in [-0.1, -0.05) is 32.6 Å². The van der Waals surface area contributed by atoms with Gasteiger partial charge in [0.2, 0.25) is 0 Å². The third-order valence-corrected chi connectivity index (χ3v) is 4.69. The Morgan fingerprint density at radius 1 is 1.17 bits per heavy atom. The molecule has 0 saturated heterocycles. The number of hydrogen-bond donors (Lipinski definition) is 1. The number of carboxylic acid groups (broad SMARTS) is 1. The second kappa shape index (κ2) is 8.55. The average Bonchev–Trinajstić information content (AvgIpc) is 2.44. The molecule has 134 valence electrons. The number of nitrogens with zero attached hydrogens (tertiary/aromatic N) is 1. The average molecular weight is 327 g/mol. The van der Waals surface area contributed by atoms with Gasteiger partial charge in [0.25, 0.3) is 0 Å². The van der Waals surface area contributed by atoms with E-state index >= 15 is 0 Å². The Balaban J connectivity index is 2.87. The van der Waals surface area contributed by atoms with Crippen molar-refractivity contribution < 1.29 is 19.4 Å². The van der Waals surface area contributed by atoms with Gasteiger partial charge in [0.15, 0.2) is 0 Å². The quantitative estimate of drug-likeness (QED) is 0.702. The lowest BCUT2D eigenvalue weighted by Crippen LogP contribution is -2.52. The van der Waals surface area contributed by atoms with Gasteiger partial charge in [-0.25, -0.2) is 4.79 Å². The van der Waals surface area contributed by atoms with Crippen LogP contribution in [0.1, 0.15) is 79.1 Å². The van der Waals surface area contributed by atoms with Crippen molar-refractivity contribution in [1.82, 2.24) is 4.90 Å². The van der Waals surface area contributed by atoms with Crippen LogP contribution in [0.15, 0.2) is 0 Å². The largest absolute Gasteiger partial charge is 0.481 e. The lowest BCUT2D eigenvalue weighted by Gasteiger charge is -2.44. The summed E-state index contributed by atoms with van der Waals surface area (Å²) in [5.74, 6) is -0.778. The van der Waals surface area contributed by atoms with E-state index in [9.17, 15) is 14.7 Å². The molecule has 1 rings (SSSR count). The molecule has 0 aromatic rings. The normalized spacial score (nSPS) is 17.6. The molecule has 1 fully saturated rings. The highest BCUT2D eigenvalue weighted by Gasteiger charge is 2.40. The number of carboxylic acids is 1. The number of carbonyl (C=O) groups excluding carboxylic acids is 1. The maximum atomic E-state index is 12.5. The summed E-state index contributed by atoms with van der Waals surface area (Å²) in [6.45, 7) is 8.88. The summed E-state index contributed by atoms with van der Waals surface area (Å²) in [5, 5.41) is 9.32. The lowest BCUT2D eigenvalue weighted by molar-refractivity contribution is -0.141. The van der Waals surface area contributed by atoms with E-state index in [0.29, 0.717) is 13.2 Å². The zero-order valence-electron chi connectivity index (χ0n) is 15.2. The number of rotatable bonds is 7. The van der Waals surface area contributed by atoms with E-state index in [0.717, 1.165) is 44.9 Å². The fraction of sp³-hybridized carbons (Fsp3) is 0.889. The van der Waals surface area contributed by atoms with E-state index in [2.05, 4.69) is 6.92 Å². The molecule has 0 aromatic heterocycles. The molecule has 0 heterocycles. The summed E-state index contributed by atoms with van der Waals surface area (Å²) >= 11 is 0. The minimum Gasteiger partial charge on any atom is -0.481 e. The predicted octanol–water partition coefficient (Wildman–Crippen LogP) is 4.45. The second-order valence-corrected chi connectivity index (χ2v) is 7.86. The summed E-state index contributed by atoms with van der Waals surface area (Å²) in [7, 11) is 0. The highest BCUT2D eigenvalue weighted by molar-refractivity contribution is 5.70. The fourth-order valence-electron chi connectivity index (χ4n) is 3.31. The van der Waals surface area contributed by atoms with Crippen LogP contribution in [-0.2, 0) is 9.53 Å². The number of unbranched alkanes of at least 4 members (excludes halogenated alkanes) is 1. The van der Waals surface area contributed by atoms with Crippen molar-refractivity contribution in [3.63, 3.8) is 0 Å². The van der Waals surface area contributed by atoms with Crippen LogP contribution in [0.5, 0.6) is 0 Å². The molecular weight excluding hydrogens is 294 g/mol. The third kappa shape index (κ3) is 6.40. The molecule has 1 aliphatic carbocycles. The van der Waals surface area contributed by atoms with Gasteiger partial charge < -0.3 is 14.7 Å². The highest BCUT2D eigenvalue weighted by Crippen LogP contribution is 2.41. The molecule has 23 heavy (non-hydrogen) atoms. The molecular formula is C18H33NO4. The molecule has 1 amide bonds. The molecule has 0 bridgehead atoms.